The van der Waals surface area contributed by atoms with E-state index < -0.39 is 16.5 Å². The van der Waals surface area contributed by atoms with Crippen LogP contribution in [0.5, 0.6) is 0 Å². The topological polar surface area (TPSA) is 17.1 Å². The first kappa shape index (κ1) is 12.8. The van der Waals surface area contributed by atoms with E-state index in [1.54, 1.807) is 0 Å². The molecule has 0 bridgehead atoms. The molecule has 1 atom stereocenters. The lowest BCUT2D eigenvalue weighted by Crippen LogP contribution is -2.13. The summed E-state index contributed by atoms with van der Waals surface area (Å²) in [6.07, 6.45) is 0.144. The van der Waals surface area contributed by atoms with Crippen molar-refractivity contribution in [3.8, 4) is 0 Å². The predicted octanol–water partition coefficient (Wildman–Crippen LogP) is 3.62. The van der Waals surface area contributed by atoms with Gasteiger partial charge in [0.2, 0.25) is 0 Å². The molecule has 0 aliphatic rings. The summed E-state index contributed by atoms with van der Waals surface area (Å²) >= 11 is 5.99. The Morgan fingerprint density at radius 2 is 2.00 bits per heavy atom. The maximum absolute atomic E-state index is 13.3. The standard InChI is InChI=1S/C10H8Br2F2O/c1-5(15)7(11)2-6-3-10(14)8(12)4-9(6)13/h3-4,7H,2H2,1H3. The molecule has 0 saturated heterocycles. The highest BCUT2D eigenvalue weighted by Gasteiger charge is 2.15. The molecule has 0 fully saturated rings. The number of carbonyl (C=O) groups excluding carboxylic acids is 1. The minimum absolute atomic E-state index is 0.0812. The predicted molar refractivity (Wildman–Crippen MR) is 61.2 cm³/mol. The van der Waals surface area contributed by atoms with E-state index in [9.17, 15) is 13.6 Å². The van der Waals surface area contributed by atoms with Crippen LogP contribution in [0.15, 0.2) is 16.6 Å². The third kappa shape index (κ3) is 3.34. The third-order valence-corrected chi connectivity index (χ3v) is 3.51. The Balaban J connectivity index is 2.95. The molecular formula is C10H8Br2F2O. The molecule has 1 unspecified atom stereocenters. The third-order valence-electron chi connectivity index (χ3n) is 1.93. The van der Waals surface area contributed by atoms with Gasteiger partial charge in [0.15, 0.2) is 0 Å². The minimum atomic E-state index is -0.533. The maximum Gasteiger partial charge on any atom is 0.143 e. The van der Waals surface area contributed by atoms with Crippen molar-refractivity contribution >= 4 is 37.6 Å². The van der Waals surface area contributed by atoms with Crippen molar-refractivity contribution in [3.05, 3.63) is 33.8 Å². The van der Waals surface area contributed by atoms with Gasteiger partial charge in [-0.25, -0.2) is 8.78 Å². The highest BCUT2D eigenvalue weighted by atomic mass is 79.9. The Bertz CT molecular complexity index is 393. The molecule has 0 spiro atoms. The quantitative estimate of drug-likeness (QED) is 0.606. The highest BCUT2D eigenvalue weighted by molar-refractivity contribution is 9.10. The van der Waals surface area contributed by atoms with E-state index in [-0.39, 0.29) is 22.2 Å². The van der Waals surface area contributed by atoms with Gasteiger partial charge in [-0.05, 0) is 47.0 Å². The van der Waals surface area contributed by atoms with Gasteiger partial charge in [-0.15, -0.1) is 0 Å². The molecule has 15 heavy (non-hydrogen) atoms. The molecule has 1 aromatic carbocycles. The van der Waals surface area contributed by atoms with E-state index in [1.807, 2.05) is 0 Å². The Morgan fingerprint density at radius 1 is 1.40 bits per heavy atom. The Labute approximate surface area is 103 Å². The lowest BCUT2D eigenvalue weighted by atomic mass is 10.1. The number of halogens is 4. The normalized spacial score (nSPS) is 12.6. The van der Waals surface area contributed by atoms with Crippen LogP contribution in [0.25, 0.3) is 0 Å². The van der Waals surface area contributed by atoms with Crippen LogP contribution in [0.4, 0.5) is 8.78 Å². The maximum atomic E-state index is 13.3. The molecule has 0 saturated carbocycles. The zero-order valence-electron chi connectivity index (χ0n) is 7.86. The second-order valence-electron chi connectivity index (χ2n) is 3.14. The van der Waals surface area contributed by atoms with Gasteiger partial charge in [0.05, 0.1) is 9.30 Å². The summed E-state index contributed by atoms with van der Waals surface area (Å²) in [5.74, 6) is -1.17. The van der Waals surface area contributed by atoms with Crippen LogP contribution in [-0.4, -0.2) is 10.6 Å². The highest BCUT2D eigenvalue weighted by Crippen LogP contribution is 2.22. The van der Waals surface area contributed by atoms with E-state index in [2.05, 4.69) is 31.9 Å². The summed E-state index contributed by atoms with van der Waals surface area (Å²) in [5, 5.41) is 0. The summed E-state index contributed by atoms with van der Waals surface area (Å²) in [6.45, 7) is 1.40. The lowest BCUT2D eigenvalue weighted by Gasteiger charge is -2.07. The molecule has 1 aromatic rings. The monoisotopic (exact) mass is 340 g/mol. The first-order valence-corrected chi connectivity index (χ1v) is 5.90. The van der Waals surface area contributed by atoms with Gasteiger partial charge in [0.1, 0.15) is 17.4 Å². The van der Waals surface area contributed by atoms with Crippen molar-refractivity contribution < 1.29 is 13.6 Å². The fraction of sp³-hybridized carbons (Fsp3) is 0.300. The van der Waals surface area contributed by atoms with Gasteiger partial charge in [-0.3, -0.25) is 4.79 Å². The molecule has 1 rings (SSSR count). The number of benzene rings is 1. The molecule has 0 aliphatic heterocycles. The molecule has 0 aromatic heterocycles. The molecular weight excluding hydrogens is 334 g/mol. The Hall–Kier alpha value is -0.290. The summed E-state index contributed by atoms with van der Waals surface area (Å²) in [7, 11) is 0. The van der Waals surface area contributed by atoms with Crippen LogP contribution >= 0.6 is 31.9 Å². The summed E-state index contributed by atoms with van der Waals surface area (Å²) in [5.41, 5.74) is 0.188. The van der Waals surface area contributed by atoms with Gasteiger partial charge in [0, 0.05) is 0 Å². The van der Waals surface area contributed by atoms with Crippen LogP contribution in [-0.2, 0) is 11.2 Å². The van der Waals surface area contributed by atoms with Crippen molar-refractivity contribution in [2.24, 2.45) is 0 Å². The largest absolute Gasteiger partial charge is 0.299 e. The van der Waals surface area contributed by atoms with Crippen LogP contribution in [0.2, 0.25) is 0 Å². The fourth-order valence-corrected chi connectivity index (χ4v) is 1.72. The number of alkyl halides is 1. The molecule has 1 nitrogen and oxygen atoms in total. The van der Waals surface area contributed by atoms with Crippen LogP contribution < -0.4 is 0 Å². The van der Waals surface area contributed by atoms with Gasteiger partial charge >= 0.3 is 0 Å². The van der Waals surface area contributed by atoms with Crippen LogP contribution in [0.3, 0.4) is 0 Å². The number of ketones is 1. The Morgan fingerprint density at radius 3 is 2.53 bits per heavy atom. The average Bonchev–Trinajstić information content (AvgIpc) is 2.13. The van der Waals surface area contributed by atoms with Gasteiger partial charge in [0.25, 0.3) is 0 Å². The van der Waals surface area contributed by atoms with Gasteiger partial charge in [-0.2, -0.15) is 0 Å². The van der Waals surface area contributed by atoms with Crippen molar-refractivity contribution in [2.75, 3.05) is 0 Å². The second kappa shape index (κ2) is 5.16. The Kier molecular flexibility index (Phi) is 4.40. The second-order valence-corrected chi connectivity index (χ2v) is 5.10. The summed E-state index contributed by atoms with van der Waals surface area (Å²) in [4.78, 5) is 10.5. The van der Waals surface area contributed by atoms with E-state index >= 15 is 0 Å². The minimum Gasteiger partial charge on any atom is -0.299 e. The van der Waals surface area contributed by atoms with Crippen LogP contribution in [0, 0.1) is 11.6 Å². The van der Waals surface area contributed by atoms with E-state index in [0.29, 0.717) is 0 Å². The van der Waals surface area contributed by atoms with Crippen molar-refractivity contribution in [2.45, 2.75) is 18.2 Å². The number of hydrogen-bond donors (Lipinski definition) is 0. The zero-order chi connectivity index (χ0) is 11.6. The number of hydrogen-bond acceptors (Lipinski definition) is 1. The van der Waals surface area contributed by atoms with Crippen molar-refractivity contribution in [1.29, 1.82) is 0 Å². The number of Topliss-reactive ketones (excluding diaryl/α,β-unsaturated/α-hetero) is 1. The van der Waals surface area contributed by atoms with Gasteiger partial charge < -0.3 is 0 Å². The molecule has 0 amide bonds. The lowest BCUT2D eigenvalue weighted by molar-refractivity contribution is -0.116. The number of carbonyl (C=O) groups is 1. The van der Waals surface area contributed by atoms with Crippen molar-refractivity contribution in [3.63, 3.8) is 0 Å². The molecule has 5 heteroatoms. The molecule has 0 aliphatic carbocycles. The molecule has 0 radical (unpaired) electrons. The van der Waals surface area contributed by atoms with Gasteiger partial charge in [-0.1, -0.05) is 15.9 Å². The van der Waals surface area contributed by atoms with E-state index in [1.165, 1.54) is 6.92 Å². The molecule has 0 N–H and O–H groups in total. The average molecular weight is 342 g/mol. The van der Waals surface area contributed by atoms with Crippen molar-refractivity contribution in [1.82, 2.24) is 0 Å². The van der Waals surface area contributed by atoms with E-state index in [4.69, 9.17) is 0 Å². The first-order valence-electron chi connectivity index (χ1n) is 4.19. The fourth-order valence-electron chi connectivity index (χ4n) is 1.06. The molecule has 0 heterocycles. The first-order chi connectivity index (χ1) is 6.91. The van der Waals surface area contributed by atoms with E-state index in [0.717, 1.165) is 12.1 Å². The SMILES string of the molecule is CC(=O)C(Br)Cc1cc(F)c(Br)cc1F. The summed E-state index contributed by atoms with van der Waals surface area (Å²) < 4.78 is 26.5. The smallest absolute Gasteiger partial charge is 0.143 e. The molecule has 82 valence electrons. The summed E-state index contributed by atoms with van der Waals surface area (Å²) in [6, 6.07) is 2.15. The number of rotatable bonds is 3. The van der Waals surface area contributed by atoms with Crippen LogP contribution in [0.1, 0.15) is 12.5 Å². The zero-order valence-corrected chi connectivity index (χ0v) is 11.0.